The van der Waals surface area contributed by atoms with Gasteiger partial charge in [-0.05, 0) is 46.9 Å². The van der Waals surface area contributed by atoms with Crippen molar-refractivity contribution in [3.05, 3.63) is 93.1 Å². The van der Waals surface area contributed by atoms with Crippen LogP contribution in [0.1, 0.15) is 67.2 Å². The van der Waals surface area contributed by atoms with Crippen molar-refractivity contribution < 1.29 is 40.2 Å². The number of phenols is 1. The summed E-state index contributed by atoms with van der Waals surface area (Å²) in [6.45, 7) is 5.58. The van der Waals surface area contributed by atoms with Crippen LogP contribution in [0.2, 0.25) is 0 Å². The summed E-state index contributed by atoms with van der Waals surface area (Å²) < 4.78 is 0.643. The molecule has 2 heterocycles. The topological polar surface area (TPSA) is 244 Å². The standard InChI is InChI=1S/C36H44BrN7O8/c1-36(2,3)20-8-18(9-21(37)12-20)29(31(34(51)52)44-33(50)30-26(17-45)25-6-4-5-7-27(25)42-30)43-28(48)16-38-32(49)19-10-22(13-23(46)11-19)41-35-39-14-24(47)15-40-35/h4-13,24,29,31-33,38,42,44-47,49-50H,14-17H2,1-3H3,(H,43,48)(H,51,52)(H2,39,40,41). The minimum absolute atomic E-state index is 0.167. The van der Waals surface area contributed by atoms with Crippen LogP contribution >= 0.6 is 15.9 Å². The summed E-state index contributed by atoms with van der Waals surface area (Å²) in [5.41, 5.74) is 2.75. The third-order valence-corrected chi connectivity index (χ3v) is 9.07. The van der Waals surface area contributed by atoms with Crippen LogP contribution in [-0.2, 0) is 21.6 Å². The van der Waals surface area contributed by atoms with Crippen molar-refractivity contribution in [2.45, 2.75) is 63.4 Å². The van der Waals surface area contributed by atoms with Gasteiger partial charge in [-0.1, -0.05) is 61.0 Å². The van der Waals surface area contributed by atoms with Gasteiger partial charge in [0.05, 0.1) is 37.5 Å². The maximum Gasteiger partial charge on any atom is 0.323 e. The van der Waals surface area contributed by atoms with Crippen LogP contribution in [0, 0.1) is 0 Å². The molecular weight excluding hydrogens is 738 g/mol. The lowest BCUT2D eigenvalue weighted by molar-refractivity contribution is -0.142. The first kappa shape index (κ1) is 38.7. The fraction of sp³-hybridized carbons (Fsp3) is 0.361. The van der Waals surface area contributed by atoms with E-state index < -0.39 is 55.7 Å². The molecule has 1 aromatic heterocycles. The number of H-pyrrole nitrogens is 1. The molecule has 12 N–H and O–H groups in total. The van der Waals surface area contributed by atoms with Gasteiger partial charge >= 0.3 is 5.97 Å². The second-order valence-electron chi connectivity index (χ2n) is 13.6. The van der Waals surface area contributed by atoms with Gasteiger partial charge in [-0.15, -0.1) is 0 Å². The summed E-state index contributed by atoms with van der Waals surface area (Å²) in [7, 11) is 0. The number of hydrogen-bond donors (Lipinski definition) is 12. The molecule has 4 aromatic rings. The number of aliphatic carboxylic acids is 1. The maximum absolute atomic E-state index is 13.5. The molecule has 52 heavy (non-hydrogen) atoms. The molecule has 15 nitrogen and oxygen atoms in total. The predicted octanol–water partition coefficient (Wildman–Crippen LogP) is 2.33. The van der Waals surface area contributed by atoms with E-state index in [2.05, 4.69) is 52.5 Å². The van der Waals surface area contributed by atoms with Crippen molar-refractivity contribution in [1.82, 2.24) is 26.3 Å². The van der Waals surface area contributed by atoms with Gasteiger partial charge < -0.3 is 51.6 Å². The molecular formula is C36H44BrN7O8. The largest absolute Gasteiger partial charge is 0.508 e. The van der Waals surface area contributed by atoms with Crippen LogP contribution in [0.4, 0.5) is 5.69 Å². The molecule has 0 fully saturated rings. The Kier molecular flexibility index (Phi) is 12.2. The number of hydrogen-bond acceptors (Lipinski definition) is 12. The number of aromatic amines is 1. The number of aliphatic hydroxyl groups excluding tert-OH is 4. The molecule has 5 rings (SSSR count). The van der Waals surface area contributed by atoms with E-state index in [1.54, 1.807) is 42.5 Å². The Morgan fingerprint density at radius 2 is 1.79 bits per heavy atom. The molecule has 0 radical (unpaired) electrons. The van der Waals surface area contributed by atoms with E-state index >= 15 is 0 Å². The molecule has 1 aliphatic heterocycles. The van der Waals surface area contributed by atoms with Crippen molar-refractivity contribution in [2.75, 3.05) is 25.0 Å². The van der Waals surface area contributed by atoms with Crippen LogP contribution in [-0.4, -0.2) is 85.2 Å². The quantitative estimate of drug-likeness (QED) is 0.0875. The second-order valence-corrected chi connectivity index (χ2v) is 14.5. The van der Waals surface area contributed by atoms with E-state index in [4.69, 9.17) is 0 Å². The van der Waals surface area contributed by atoms with Gasteiger partial charge in [-0.2, -0.15) is 0 Å². The molecule has 5 unspecified atom stereocenters. The Bertz CT molecular complexity index is 1950. The number of carbonyl (C=O) groups is 2. The average molecular weight is 783 g/mol. The molecule has 0 bridgehead atoms. The number of anilines is 1. The summed E-state index contributed by atoms with van der Waals surface area (Å²) in [6.07, 6.45) is -3.62. The third-order valence-electron chi connectivity index (χ3n) is 8.62. The lowest BCUT2D eigenvalue weighted by Gasteiger charge is -2.30. The Labute approximate surface area is 308 Å². The minimum atomic E-state index is -1.59. The second kappa shape index (κ2) is 16.4. The number of fused-ring (bicyclic) bond motifs is 1. The van der Waals surface area contributed by atoms with Crippen molar-refractivity contribution >= 4 is 50.4 Å². The predicted molar refractivity (Wildman–Crippen MR) is 198 cm³/mol. The number of carboxylic acids is 1. The molecule has 0 spiro atoms. The number of aromatic nitrogens is 1. The zero-order valence-electron chi connectivity index (χ0n) is 28.8. The van der Waals surface area contributed by atoms with Crippen LogP contribution < -0.4 is 26.6 Å². The number of nitrogens with zero attached hydrogens (tertiary/aromatic N) is 1. The van der Waals surface area contributed by atoms with Crippen LogP contribution in [0.15, 0.2) is 70.1 Å². The highest BCUT2D eigenvalue weighted by Crippen LogP contribution is 2.32. The SMILES string of the molecule is CC(C)(C)c1cc(Br)cc(C(NC(=O)CNC(O)c2cc(O)cc(NC3=NCC(O)CN3)c2)C(NC(O)c2[nH]c3ccccc3c2CO)C(=O)O)c1. The molecule has 0 aliphatic carbocycles. The molecule has 1 amide bonds. The summed E-state index contributed by atoms with van der Waals surface area (Å²) in [6, 6.07) is 13.9. The van der Waals surface area contributed by atoms with E-state index in [0.29, 0.717) is 44.7 Å². The average Bonchev–Trinajstić information content (AvgIpc) is 3.47. The number of para-hydroxylation sites is 1. The number of aromatic hydroxyl groups is 1. The monoisotopic (exact) mass is 781 g/mol. The van der Waals surface area contributed by atoms with Crippen LogP contribution in [0.3, 0.4) is 0 Å². The fourth-order valence-electron chi connectivity index (χ4n) is 5.92. The number of aliphatic hydroxyl groups is 4. The summed E-state index contributed by atoms with van der Waals surface area (Å²) in [4.78, 5) is 33.7. The number of β-amino-alcohol motifs (C(OH)–C–C–N with tert-alkyl or cyclic N) is 1. The number of benzene rings is 3. The lowest BCUT2D eigenvalue weighted by Crippen LogP contribution is -2.51. The number of carboxylic acid groups (broad SMARTS) is 1. The van der Waals surface area contributed by atoms with Crippen molar-refractivity contribution in [3.63, 3.8) is 0 Å². The number of aliphatic imine (C=N–C) groups is 1. The molecule has 278 valence electrons. The maximum atomic E-state index is 13.5. The number of phenolic OH excluding ortho intramolecular Hbond substituents is 1. The molecule has 3 aromatic carbocycles. The van der Waals surface area contributed by atoms with E-state index in [-0.39, 0.29) is 29.0 Å². The number of guanidine groups is 1. The van der Waals surface area contributed by atoms with E-state index in [9.17, 15) is 40.2 Å². The van der Waals surface area contributed by atoms with E-state index in [1.807, 2.05) is 26.8 Å². The summed E-state index contributed by atoms with van der Waals surface area (Å²) in [5, 5.41) is 77.7. The Morgan fingerprint density at radius 3 is 2.46 bits per heavy atom. The van der Waals surface area contributed by atoms with E-state index in [0.717, 1.165) is 5.56 Å². The molecule has 0 saturated heterocycles. The number of carbonyl (C=O) groups excluding carboxylic acids is 1. The highest BCUT2D eigenvalue weighted by molar-refractivity contribution is 9.10. The fourth-order valence-corrected chi connectivity index (χ4v) is 6.43. The van der Waals surface area contributed by atoms with Crippen molar-refractivity contribution in [2.24, 2.45) is 4.99 Å². The van der Waals surface area contributed by atoms with Crippen LogP contribution in [0.25, 0.3) is 10.9 Å². The Balaban J connectivity index is 1.38. The number of halogens is 1. The van der Waals surface area contributed by atoms with Gasteiger partial charge in [0.15, 0.2) is 5.96 Å². The van der Waals surface area contributed by atoms with Gasteiger partial charge in [0.2, 0.25) is 5.91 Å². The first-order valence-corrected chi connectivity index (χ1v) is 17.4. The Morgan fingerprint density at radius 1 is 1.04 bits per heavy atom. The first-order chi connectivity index (χ1) is 24.6. The van der Waals surface area contributed by atoms with Crippen molar-refractivity contribution in [3.8, 4) is 5.75 Å². The number of amides is 1. The zero-order chi connectivity index (χ0) is 37.7. The van der Waals surface area contributed by atoms with Gasteiger partial charge in [0, 0.05) is 44.8 Å². The minimum Gasteiger partial charge on any atom is -0.508 e. The Hall–Kier alpha value is -4.55. The number of nitrogens with one attached hydrogen (secondary N) is 6. The van der Waals surface area contributed by atoms with E-state index in [1.165, 1.54) is 12.1 Å². The van der Waals surface area contributed by atoms with Gasteiger partial charge in [0.25, 0.3) is 0 Å². The molecule has 1 aliphatic rings. The van der Waals surface area contributed by atoms with Crippen LogP contribution in [0.5, 0.6) is 5.75 Å². The third kappa shape index (κ3) is 9.46. The first-order valence-electron chi connectivity index (χ1n) is 16.6. The number of rotatable bonds is 13. The smallest absolute Gasteiger partial charge is 0.323 e. The van der Waals surface area contributed by atoms with Crippen molar-refractivity contribution in [1.29, 1.82) is 0 Å². The molecule has 16 heteroatoms. The highest BCUT2D eigenvalue weighted by Gasteiger charge is 2.35. The zero-order valence-corrected chi connectivity index (χ0v) is 30.4. The molecule has 0 saturated carbocycles. The molecule has 5 atom stereocenters. The normalized spacial score (nSPS) is 17.1. The summed E-state index contributed by atoms with van der Waals surface area (Å²) >= 11 is 3.52. The highest BCUT2D eigenvalue weighted by atomic mass is 79.9. The van der Waals surface area contributed by atoms with Gasteiger partial charge in [-0.3, -0.25) is 25.2 Å². The van der Waals surface area contributed by atoms with Gasteiger partial charge in [0.1, 0.15) is 24.2 Å². The lowest BCUT2D eigenvalue weighted by atomic mass is 9.84. The summed E-state index contributed by atoms with van der Waals surface area (Å²) in [5.74, 6) is -1.84. The van der Waals surface area contributed by atoms with Gasteiger partial charge in [-0.25, -0.2) is 0 Å².